The third-order valence-corrected chi connectivity index (χ3v) is 7.93. The van der Waals surface area contributed by atoms with E-state index in [1.54, 1.807) is 11.9 Å². The van der Waals surface area contributed by atoms with Crippen molar-refractivity contribution in [3.63, 3.8) is 0 Å². The third-order valence-electron chi connectivity index (χ3n) is 7.03. The number of rotatable bonds is 8. The van der Waals surface area contributed by atoms with Crippen LogP contribution in [0.15, 0.2) is 42.5 Å². The molecule has 1 aliphatic heterocycles. The molecule has 3 aromatic rings. The number of benzene rings is 2. The zero-order chi connectivity index (χ0) is 29.0. The Morgan fingerprint density at radius 3 is 2.33 bits per heavy atom. The number of aromatic nitrogens is 1. The molecule has 0 saturated carbocycles. The molecule has 0 aliphatic carbocycles. The fourth-order valence-electron chi connectivity index (χ4n) is 5.05. The minimum atomic E-state index is -2.55. The van der Waals surface area contributed by atoms with Crippen molar-refractivity contribution in [2.75, 3.05) is 31.1 Å². The molecule has 1 aromatic heterocycles. The maximum Gasteiger partial charge on any atom is 0.305 e. The first-order valence-electron chi connectivity index (χ1n) is 13.0. The Balaban J connectivity index is 1.46. The average molecular weight is 563 g/mol. The Kier molecular flexibility index (Phi) is 9.17. The number of primary amides is 1. The summed E-state index contributed by atoms with van der Waals surface area (Å²) in [5.74, 6) is 4.81. The van der Waals surface area contributed by atoms with E-state index in [-0.39, 0.29) is 6.42 Å². The lowest BCUT2D eigenvalue weighted by Gasteiger charge is -2.44. The van der Waals surface area contributed by atoms with E-state index in [4.69, 9.17) is 10.8 Å². The van der Waals surface area contributed by atoms with Gasteiger partial charge in [0.1, 0.15) is 0 Å². The molecule has 1 amide bonds. The van der Waals surface area contributed by atoms with Crippen LogP contribution < -0.4 is 10.6 Å². The lowest BCUT2D eigenvalue weighted by Crippen LogP contribution is -2.57. The van der Waals surface area contributed by atoms with Crippen LogP contribution in [0.5, 0.6) is 0 Å². The maximum absolute atomic E-state index is 12.2. The fourth-order valence-corrected chi connectivity index (χ4v) is 5.77. The number of piperazine rings is 1. The average Bonchev–Trinajstić information content (AvgIpc) is 2.91. The van der Waals surface area contributed by atoms with E-state index in [1.807, 2.05) is 56.3 Å². The highest BCUT2D eigenvalue weighted by molar-refractivity contribution is 7.76. The zero-order valence-electron chi connectivity index (χ0n) is 22.7. The summed E-state index contributed by atoms with van der Waals surface area (Å²) < 4.78 is 24.7. The van der Waals surface area contributed by atoms with Crippen molar-refractivity contribution >= 4 is 39.7 Å². The van der Waals surface area contributed by atoms with E-state index in [9.17, 15) is 18.4 Å². The number of carbonyl (C=O) groups excluding carboxylic acids is 1. The SMILES string of the molecule is CCc1nc2ccc(C#Cc3ccc(N4CCN(N(C(C)CC(=O)O)S(=O)[O-])CC4)cc3)cc2c(C(N)=O)c1C. The molecular weight excluding hydrogens is 530 g/mol. The number of nitrogens with two attached hydrogens (primary N) is 1. The molecule has 4 rings (SSSR count). The topological polar surface area (TPSA) is 143 Å². The predicted octanol–water partition coefficient (Wildman–Crippen LogP) is 2.60. The number of carboxylic acids is 1. The molecular formula is C29H32N5O5S-. The molecule has 0 radical (unpaired) electrons. The number of amides is 1. The summed E-state index contributed by atoms with van der Waals surface area (Å²) in [6.45, 7) is 7.52. The fraction of sp³-hybridized carbons (Fsp3) is 0.345. The lowest BCUT2D eigenvalue weighted by atomic mass is 9.98. The van der Waals surface area contributed by atoms with Crippen LogP contribution in [0, 0.1) is 18.8 Å². The van der Waals surface area contributed by atoms with Crippen LogP contribution in [-0.2, 0) is 22.5 Å². The Hall–Kier alpha value is -3.82. The first-order chi connectivity index (χ1) is 19.1. The zero-order valence-corrected chi connectivity index (χ0v) is 23.5. The van der Waals surface area contributed by atoms with E-state index in [0.29, 0.717) is 49.1 Å². The summed E-state index contributed by atoms with van der Waals surface area (Å²) in [5.41, 5.74) is 11.1. The Morgan fingerprint density at radius 2 is 1.75 bits per heavy atom. The van der Waals surface area contributed by atoms with Gasteiger partial charge < -0.3 is 20.3 Å². The number of aryl methyl sites for hydroxylation is 1. The van der Waals surface area contributed by atoms with Crippen molar-refractivity contribution in [2.45, 2.75) is 39.7 Å². The van der Waals surface area contributed by atoms with Crippen LogP contribution in [0.2, 0.25) is 0 Å². The number of pyridine rings is 1. The van der Waals surface area contributed by atoms with Gasteiger partial charge in [-0.2, -0.15) is 4.41 Å². The van der Waals surface area contributed by atoms with Gasteiger partial charge in [0, 0.05) is 71.4 Å². The van der Waals surface area contributed by atoms with E-state index in [2.05, 4.69) is 21.7 Å². The number of hydrazine groups is 1. The number of hydrogen-bond donors (Lipinski definition) is 2. The summed E-state index contributed by atoms with van der Waals surface area (Å²) in [7, 11) is 0. The van der Waals surface area contributed by atoms with Gasteiger partial charge in [0.2, 0.25) is 5.91 Å². The van der Waals surface area contributed by atoms with Gasteiger partial charge in [0.25, 0.3) is 0 Å². The monoisotopic (exact) mass is 562 g/mol. The van der Waals surface area contributed by atoms with Gasteiger partial charge >= 0.3 is 5.97 Å². The number of hydrogen-bond acceptors (Lipinski definition) is 7. The van der Waals surface area contributed by atoms with Crippen molar-refractivity contribution in [1.29, 1.82) is 0 Å². The first-order valence-corrected chi connectivity index (χ1v) is 14.1. The van der Waals surface area contributed by atoms with Gasteiger partial charge in [-0.05, 0) is 68.3 Å². The highest BCUT2D eigenvalue weighted by atomic mass is 32.2. The van der Waals surface area contributed by atoms with Crippen LogP contribution in [0.4, 0.5) is 5.69 Å². The van der Waals surface area contributed by atoms with Crippen LogP contribution in [0.25, 0.3) is 10.9 Å². The summed E-state index contributed by atoms with van der Waals surface area (Å²) in [6, 6.07) is 12.7. The van der Waals surface area contributed by atoms with E-state index in [1.165, 1.54) is 0 Å². The summed E-state index contributed by atoms with van der Waals surface area (Å²) >= 11 is -2.55. The van der Waals surface area contributed by atoms with E-state index in [0.717, 1.165) is 32.5 Å². The van der Waals surface area contributed by atoms with Gasteiger partial charge in [-0.3, -0.25) is 18.8 Å². The number of carbonyl (C=O) groups is 2. The second-order valence-corrected chi connectivity index (χ2v) is 10.5. The normalized spacial score (nSPS) is 15.5. The quantitative estimate of drug-likeness (QED) is 0.315. The number of anilines is 1. The third kappa shape index (κ3) is 6.48. The highest BCUT2D eigenvalue weighted by Gasteiger charge is 2.28. The maximum atomic E-state index is 12.2. The Bertz CT molecular complexity index is 1510. The predicted molar refractivity (Wildman–Crippen MR) is 153 cm³/mol. The summed E-state index contributed by atoms with van der Waals surface area (Å²) in [5, 5.41) is 11.4. The molecule has 2 atom stereocenters. The molecule has 1 saturated heterocycles. The van der Waals surface area contributed by atoms with Crippen molar-refractivity contribution < 1.29 is 23.5 Å². The molecule has 10 nitrogen and oxygen atoms in total. The molecule has 0 spiro atoms. The molecule has 210 valence electrons. The van der Waals surface area contributed by atoms with Crippen LogP contribution in [0.3, 0.4) is 0 Å². The minimum Gasteiger partial charge on any atom is -0.759 e. The highest BCUT2D eigenvalue weighted by Crippen LogP contribution is 2.25. The summed E-state index contributed by atoms with van der Waals surface area (Å²) in [6.07, 6.45) is 0.444. The number of fused-ring (bicyclic) bond motifs is 1. The molecule has 1 aliphatic rings. The largest absolute Gasteiger partial charge is 0.759 e. The molecule has 3 N–H and O–H groups in total. The second-order valence-electron chi connectivity index (χ2n) is 9.71. The Morgan fingerprint density at radius 1 is 1.12 bits per heavy atom. The standard InChI is InChI=1S/C29H33N5O5S/c1-4-25-20(3)28(29(30)37)24-18-22(9-12-26(24)31-25)6-5-21-7-10-23(11-8-21)32-13-15-33(16-14-32)34(40(38)39)19(2)17-27(35)36/h7-12,18-19H,4,13-17H2,1-3H3,(H2,30,37)(H,35,36)(H,38,39)/p-1. The smallest absolute Gasteiger partial charge is 0.305 e. The van der Waals surface area contributed by atoms with E-state index < -0.39 is 29.2 Å². The van der Waals surface area contributed by atoms with Crippen LogP contribution in [-0.4, -0.2) is 72.4 Å². The summed E-state index contributed by atoms with van der Waals surface area (Å²) in [4.78, 5) is 30.1. The first kappa shape index (κ1) is 29.2. The van der Waals surface area contributed by atoms with Gasteiger partial charge in [-0.15, -0.1) is 0 Å². The van der Waals surface area contributed by atoms with Crippen molar-refractivity contribution in [3.05, 3.63) is 70.4 Å². The van der Waals surface area contributed by atoms with Crippen LogP contribution >= 0.6 is 0 Å². The van der Waals surface area contributed by atoms with Crippen molar-refractivity contribution in [1.82, 2.24) is 14.4 Å². The van der Waals surface area contributed by atoms with Gasteiger partial charge in [0.15, 0.2) is 0 Å². The Labute approximate surface area is 236 Å². The van der Waals surface area contributed by atoms with Gasteiger partial charge in [-0.25, -0.2) is 5.01 Å². The number of aliphatic carboxylic acids is 1. The molecule has 2 unspecified atom stereocenters. The van der Waals surface area contributed by atoms with Crippen LogP contribution in [0.1, 0.15) is 53.0 Å². The van der Waals surface area contributed by atoms with Gasteiger partial charge in [-0.1, -0.05) is 18.8 Å². The number of carboxylic acid groups (broad SMARTS) is 1. The van der Waals surface area contributed by atoms with E-state index >= 15 is 0 Å². The molecule has 11 heteroatoms. The molecule has 40 heavy (non-hydrogen) atoms. The van der Waals surface area contributed by atoms with Gasteiger partial charge in [0.05, 0.1) is 17.5 Å². The number of nitrogens with zero attached hydrogens (tertiary/aromatic N) is 4. The molecule has 1 fully saturated rings. The molecule has 2 heterocycles. The van der Waals surface area contributed by atoms with Crippen molar-refractivity contribution in [2.24, 2.45) is 5.73 Å². The minimum absolute atomic E-state index is 0.265. The molecule has 0 bridgehead atoms. The van der Waals surface area contributed by atoms with Crippen molar-refractivity contribution in [3.8, 4) is 11.8 Å². The molecule has 2 aromatic carbocycles. The lowest BCUT2D eigenvalue weighted by molar-refractivity contribution is -0.139. The second kappa shape index (κ2) is 12.6.